The summed E-state index contributed by atoms with van der Waals surface area (Å²) in [6, 6.07) is 4.16. The summed E-state index contributed by atoms with van der Waals surface area (Å²) in [4.78, 5) is 29.9. The minimum atomic E-state index is 0.247. The van der Waals surface area contributed by atoms with E-state index in [0.29, 0.717) is 6.42 Å². The van der Waals surface area contributed by atoms with Crippen molar-refractivity contribution >= 4 is 29.0 Å². The van der Waals surface area contributed by atoms with Crippen LogP contribution in [0.5, 0.6) is 0 Å². The topological polar surface area (TPSA) is 61.8 Å². The van der Waals surface area contributed by atoms with E-state index in [1.54, 1.807) is 11.3 Å². The lowest BCUT2D eigenvalue weighted by Crippen LogP contribution is -2.49. The lowest BCUT2D eigenvalue weighted by atomic mass is 10.2. The summed E-state index contributed by atoms with van der Waals surface area (Å²) < 4.78 is 5.45. The smallest absolute Gasteiger partial charge is 0.227 e. The fourth-order valence-corrected chi connectivity index (χ4v) is 4.74. The maximum atomic E-state index is 12.6. The first-order chi connectivity index (χ1) is 14.1. The molecule has 2 fully saturated rings. The van der Waals surface area contributed by atoms with Crippen molar-refractivity contribution in [3.63, 3.8) is 0 Å². The van der Waals surface area contributed by atoms with E-state index in [-0.39, 0.29) is 5.91 Å². The molecule has 4 rings (SSSR count). The molecule has 0 radical (unpaired) electrons. The number of aromatic nitrogens is 2. The molecule has 0 aromatic carbocycles. The van der Waals surface area contributed by atoms with Crippen LogP contribution in [0, 0.1) is 13.8 Å². The highest BCUT2D eigenvalue weighted by Gasteiger charge is 2.24. The molecule has 2 aromatic rings. The molecular weight excluding hydrogens is 386 g/mol. The van der Waals surface area contributed by atoms with Crippen molar-refractivity contribution in [2.24, 2.45) is 0 Å². The SMILES string of the molecule is Cc1cc(N2CCOCC2)nc(N2CCN(C(=O)CCc3sccc3C)CC2)n1. The number of carbonyl (C=O) groups is 1. The van der Waals surface area contributed by atoms with Gasteiger partial charge in [-0.2, -0.15) is 4.98 Å². The van der Waals surface area contributed by atoms with Crippen molar-refractivity contribution < 1.29 is 9.53 Å². The Kier molecular flexibility index (Phi) is 6.30. The number of aryl methyl sites for hydroxylation is 3. The van der Waals surface area contributed by atoms with Crippen molar-refractivity contribution in [1.29, 1.82) is 0 Å². The van der Waals surface area contributed by atoms with Gasteiger partial charge < -0.3 is 19.4 Å². The Hall–Kier alpha value is -2.19. The van der Waals surface area contributed by atoms with Gasteiger partial charge in [0.1, 0.15) is 5.82 Å². The zero-order chi connectivity index (χ0) is 20.2. The predicted octanol–water partition coefficient (Wildman–Crippen LogP) is 2.27. The number of hydrogen-bond donors (Lipinski definition) is 0. The molecule has 1 amide bonds. The van der Waals surface area contributed by atoms with Gasteiger partial charge in [-0.05, 0) is 37.3 Å². The van der Waals surface area contributed by atoms with E-state index in [4.69, 9.17) is 9.72 Å². The number of amides is 1. The third kappa shape index (κ3) is 4.87. The van der Waals surface area contributed by atoms with E-state index < -0.39 is 0 Å². The van der Waals surface area contributed by atoms with Crippen LogP contribution in [0.1, 0.15) is 22.6 Å². The van der Waals surface area contributed by atoms with E-state index in [2.05, 4.69) is 33.2 Å². The summed E-state index contributed by atoms with van der Waals surface area (Å²) in [5.74, 6) is 1.99. The van der Waals surface area contributed by atoms with Gasteiger partial charge in [0.05, 0.1) is 13.2 Å². The van der Waals surface area contributed by atoms with Crippen molar-refractivity contribution in [1.82, 2.24) is 14.9 Å². The predicted molar refractivity (Wildman–Crippen MR) is 116 cm³/mol. The standard InChI is InChI=1S/C21H29N5O2S/c1-16-5-14-29-18(16)3-4-20(27)25-6-8-26(9-7-25)21-22-17(2)15-19(23-21)24-10-12-28-13-11-24/h5,14-15H,3-4,6-13H2,1-2H3. The van der Waals surface area contributed by atoms with Gasteiger partial charge >= 0.3 is 0 Å². The summed E-state index contributed by atoms with van der Waals surface area (Å²) in [5.41, 5.74) is 2.27. The number of rotatable bonds is 5. The first-order valence-corrected chi connectivity index (χ1v) is 11.2. The maximum absolute atomic E-state index is 12.6. The molecule has 7 nitrogen and oxygen atoms in total. The first-order valence-electron chi connectivity index (χ1n) is 10.3. The number of hydrogen-bond acceptors (Lipinski definition) is 7. The Morgan fingerprint density at radius 2 is 1.83 bits per heavy atom. The van der Waals surface area contributed by atoms with Crippen LogP contribution >= 0.6 is 11.3 Å². The van der Waals surface area contributed by atoms with Gasteiger partial charge in [0.2, 0.25) is 11.9 Å². The highest BCUT2D eigenvalue weighted by atomic mass is 32.1. The third-order valence-electron chi connectivity index (χ3n) is 5.61. The average molecular weight is 416 g/mol. The molecule has 2 aliphatic heterocycles. The zero-order valence-corrected chi connectivity index (χ0v) is 18.1. The second-order valence-electron chi connectivity index (χ2n) is 7.66. The summed E-state index contributed by atoms with van der Waals surface area (Å²) in [6.45, 7) is 10.3. The largest absolute Gasteiger partial charge is 0.378 e. The molecule has 0 N–H and O–H groups in total. The van der Waals surface area contributed by atoms with Gasteiger partial charge in [0, 0.05) is 62.3 Å². The number of ether oxygens (including phenoxy) is 1. The molecule has 0 unspecified atom stereocenters. The quantitative estimate of drug-likeness (QED) is 0.747. The monoisotopic (exact) mass is 415 g/mol. The van der Waals surface area contributed by atoms with Crippen LogP contribution in [0.15, 0.2) is 17.5 Å². The van der Waals surface area contributed by atoms with Crippen LogP contribution in [-0.4, -0.2) is 73.3 Å². The fourth-order valence-electron chi connectivity index (χ4n) is 3.83. The molecule has 29 heavy (non-hydrogen) atoms. The van der Waals surface area contributed by atoms with Gasteiger partial charge in [-0.15, -0.1) is 11.3 Å². The molecule has 0 bridgehead atoms. The number of carbonyl (C=O) groups excluding carboxylic acids is 1. The highest BCUT2D eigenvalue weighted by Crippen LogP contribution is 2.21. The lowest BCUT2D eigenvalue weighted by molar-refractivity contribution is -0.131. The van der Waals surface area contributed by atoms with E-state index >= 15 is 0 Å². The molecule has 156 valence electrons. The number of nitrogens with zero attached hydrogens (tertiary/aromatic N) is 5. The molecule has 2 aliphatic rings. The summed E-state index contributed by atoms with van der Waals surface area (Å²) in [5, 5.41) is 2.10. The second-order valence-corrected chi connectivity index (χ2v) is 8.66. The maximum Gasteiger partial charge on any atom is 0.227 e. The summed E-state index contributed by atoms with van der Waals surface area (Å²) >= 11 is 1.74. The van der Waals surface area contributed by atoms with Crippen LogP contribution in [-0.2, 0) is 16.0 Å². The Balaban J connectivity index is 1.33. The van der Waals surface area contributed by atoms with E-state index in [9.17, 15) is 4.79 Å². The van der Waals surface area contributed by atoms with Crippen molar-refractivity contribution in [2.45, 2.75) is 26.7 Å². The Morgan fingerprint density at radius 3 is 2.52 bits per heavy atom. The fraction of sp³-hybridized carbons (Fsp3) is 0.571. The minimum Gasteiger partial charge on any atom is -0.378 e. The van der Waals surface area contributed by atoms with Crippen LogP contribution in [0.4, 0.5) is 11.8 Å². The van der Waals surface area contributed by atoms with Crippen molar-refractivity contribution in [3.8, 4) is 0 Å². The molecule has 0 spiro atoms. The first kappa shape index (κ1) is 20.1. The van der Waals surface area contributed by atoms with E-state index in [1.165, 1.54) is 10.4 Å². The molecule has 0 saturated carbocycles. The molecule has 4 heterocycles. The molecule has 2 aromatic heterocycles. The van der Waals surface area contributed by atoms with Crippen molar-refractivity contribution in [2.75, 3.05) is 62.3 Å². The van der Waals surface area contributed by atoms with Crippen LogP contribution < -0.4 is 9.80 Å². The van der Waals surface area contributed by atoms with Crippen molar-refractivity contribution in [3.05, 3.63) is 33.6 Å². The Bertz CT molecular complexity index is 841. The third-order valence-corrected chi connectivity index (χ3v) is 6.70. The number of piperazine rings is 1. The molecule has 0 atom stereocenters. The van der Waals surface area contributed by atoms with Gasteiger partial charge in [0.25, 0.3) is 0 Å². The van der Waals surface area contributed by atoms with E-state index in [1.807, 2.05) is 17.9 Å². The lowest BCUT2D eigenvalue weighted by Gasteiger charge is -2.35. The summed E-state index contributed by atoms with van der Waals surface area (Å²) in [6.07, 6.45) is 1.43. The van der Waals surface area contributed by atoms with Gasteiger partial charge in [-0.25, -0.2) is 4.98 Å². The highest BCUT2D eigenvalue weighted by molar-refractivity contribution is 7.10. The Morgan fingerprint density at radius 1 is 1.07 bits per heavy atom. The molecule has 0 aliphatic carbocycles. The van der Waals surface area contributed by atoms with Gasteiger partial charge in [-0.3, -0.25) is 4.79 Å². The van der Waals surface area contributed by atoms with Gasteiger partial charge in [-0.1, -0.05) is 0 Å². The Labute approximate surface area is 176 Å². The normalized spacial score (nSPS) is 17.7. The molecule has 8 heteroatoms. The van der Waals surface area contributed by atoms with Gasteiger partial charge in [0.15, 0.2) is 0 Å². The minimum absolute atomic E-state index is 0.247. The van der Waals surface area contributed by atoms with E-state index in [0.717, 1.165) is 76.4 Å². The number of anilines is 2. The zero-order valence-electron chi connectivity index (χ0n) is 17.3. The van der Waals surface area contributed by atoms with Crippen LogP contribution in [0.3, 0.4) is 0 Å². The van der Waals surface area contributed by atoms with Crippen LogP contribution in [0.2, 0.25) is 0 Å². The molecule has 2 saturated heterocycles. The summed E-state index contributed by atoms with van der Waals surface area (Å²) in [7, 11) is 0. The molecular formula is C21H29N5O2S. The second kappa shape index (κ2) is 9.09. The average Bonchev–Trinajstić information content (AvgIpc) is 3.17. The van der Waals surface area contributed by atoms with Crippen LogP contribution in [0.25, 0.3) is 0 Å². The number of morpholine rings is 1. The number of thiophene rings is 1.